The van der Waals surface area contributed by atoms with Crippen LogP contribution in [0.2, 0.25) is 5.02 Å². The molecule has 3 aromatic carbocycles. The Morgan fingerprint density at radius 3 is 2.43 bits per heavy atom. The lowest BCUT2D eigenvalue weighted by Gasteiger charge is -2.11. The number of amides is 1. The van der Waals surface area contributed by atoms with Gasteiger partial charge in [0.15, 0.2) is 5.76 Å². The summed E-state index contributed by atoms with van der Waals surface area (Å²) in [5.41, 5.74) is 4.03. The van der Waals surface area contributed by atoms with Crippen LogP contribution < -0.4 is 10.1 Å². The maximum atomic E-state index is 12.4. The number of aliphatic carboxylic acids is 1. The van der Waals surface area contributed by atoms with Crippen molar-refractivity contribution < 1.29 is 28.7 Å². The summed E-state index contributed by atoms with van der Waals surface area (Å²) in [5, 5.41) is 16.4. The van der Waals surface area contributed by atoms with Gasteiger partial charge in [0.2, 0.25) is 0 Å². The molecule has 0 atom stereocenters. The quantitative estimate of drug-likeness (QED) is 0.252. The molecule has 4 aromatic rings. The summed E-state index contributed by atoms with van der Waals surface area (Å²) < 4.78 is 16.6. The Hall–Kier alpha value is -4.30. The summed E-state index contributed by atoms with van der Waals surface area (Å²) in [7, 11) is 0. The first-order chi connectivity index (χ1) is 17.9. The number of carbonyl (C=O) groups excluding carboxylic acids is 1. The first-order valence-corrected chi connectivity index (χ1v) is 11.9. The van der Waals surface area contributed by atoms with Gasteiger partial charge in [0.25, 0.3) is 0 Å². The number of aromatic nitrogens is 1. The number of carboxylic acid groups (broad SMARTS) is 1. The van der Waals surface area contributed by atoms with E-state index in [0.29, 0.717) is 45.5 Å². The molecular weight excluding hydrogens is 496 g/mol. The van der Waals surface area contributed by atoms with Crippen molar-refractivity contribution in [3.05, 3.63) is 100 Å². The van der Waals surface area contributed by atoms with E-state index in [2.05, 4.69) is 10.5 Å². The van der Waals surface area contributed by atoms with E-state index in [-0.39, 0.29) is 19.6 Å². The van der Waals surface area contributed by atoms with Gasteiger partial charge in [-0.3, -0.25) is 10.1 Å². The van der Waals surface area contributed by atoms with Gasteiger partial charge < -0.3 is 19.1 Å². The molecule has 9 heteroatoms. The number of carboxylic acids is 1. The van der Waals surface area contributed by atoms with Gasteiger partial charge in [-0.05, 0) is 30.2 Å². The zero-order valence-corrected chi connectivity index (χ0v) is 20.8. The molecule has 0 bridgehead atoms. The summed E-state index contributed by atoms with van der Waals surface area (Å²) >= 11 is 6.14. The number of nitrogens with zero attached hydrogens (tertiary/aromatic N) is 1. The number of hydrogen-bond donors (Lipinski definition) is 2. The Morgan fingerprint density at radius 1 is 1.00 bits per heavy atom. The number of anilines is 1. The molecule has 2 N–H and O–H groups in total. The maximum absolute atomic E-state index is 12.4. The molecule has 0 aliphatic carbocycles. The SMILES string of the molecule is Cc1noc(-c2ccc(COc3ccccc3CC(=O)O)cc2)c1NC(=O)OCCc1ccccc1Cl. The van der Waals surface area contributed by atoms with Gasteiger partial charge in [-0.1, -0.05) is 77.4 Å². The van der Waals surface area contributed by atoms with Gasteiger partial charge in [-0.25, -0.2) is 4.79 Å². The standard InChI is InChI=1S/C28H25ClN2O6/c1-18-26(30-28(34)35-15-14-20-6-2-4-8-23(20)29)27(37-31-18)21-12-10-19(11-13-21)17-36-24-9-5-3-7-22(24)16-25(32)33/h2-13H,14-17H2,1H3,(H,30,34)(H,32,33). The minimum Gasteiger partial charge on any atom is -0.489 e. The maximum Gasteiger partial charge on any atom is 0.411 e. The summed E-state index contributed by atoms with van der Waals surface area (Å²) in [4.78, 5) is 23.5. The van der Waals surface area contributed by atoms with Crippen LogP contribution in [0.5, 0.6) is 5.75 Å². The minimum atomic E-state index is -0.920. The molecule has 4 rings (SSSR count). The van der Waals surface area contributed by atoms with E-state index in [1.165, 1.54) is 0 Å². The fraction of sp³-hybridized carbons (Fsp3) is 0.179. The molecule has 0 aliphatic heterocycles. The number of hydrogen-bond acceptors (Lipinski definition) is 6. The molecule has 1 aromatic heterocycles. The smallest absolute Gasteiger partial charge is 0.411 e. The van der Waals surface area contributed by atoms with Crippen molar-refractivity contribution in [1.29, 1.82) is 0 Å². The highest BCUT2D eigenvalue weighted by Crippen LogP contribution is 2.31. The third kappa shape index (κ3) is 6.89. The van der Waals surface area contributed by atoms with Crippen molar-refractivity contribution in [3.8, 4) is 17.1 Å². The Morgan fingerprint density at radius 2 is 1.70 bits per heavy atom. The van der Waals surface area contributed by atoms with E-state index in [4.69, 9.17) is 30.7 Å². The second-order valence-corrected chi connectivity index (χ2v) is 8.65. The fourth-order valence-electron chi connectivity index (χ4n) is 3.67. The Kier molecular flexibility index (Phi) is 8.43. The number of rotatable bonds is 10. The molecular formula is C28H25ClN2O6. The molecule has 0 fully saturated rings. The normalized spacial score (nSPS) is 10.6. The van der Waals surface area contributed by atoms with Gasteiger partial charge in [0, 0.05) is 22.6 Å². The third-order valence-electron chi connectivity index (χ3n) is 5.58. The molecule has 0 saturated heterocycles. The van der Waals surface area contributed by atoms with E-state index < -0.39 is 12.1 Å². The van der Waals surface area contributed by atoms with Crippen LogP contribution in [-0.4, -0.2) is 28.9 Å². The number of halogens is 1. The van der Waals surface area contributed by atoms with Crippen molar-refractivity contribution in [2.24, 2.45) is 0 Å². The molecule has 0 unspecified atom stereocenters. The van der Waals surface area contributed by atoms with E-state index in [1.807, 2.05) is 42.5 Å². The number of ether oxygens (including phenoxy) is 2. The van der Waals surface area contributed by atoms with Crippen molar-refractivity contribution in [3.63, 3.8) is 0 Å². The number of nitrogens with one attached hydrogen (secondary N) is 1. The van der Waals surface area contributed by atoms with Crippen molar-refractivity contribution in [1.82, 2.24) is 5.16 Å². The fourth-order valence-corrected chi connectivity index (χ4v) is 3.90. The molecule has 0 spiro atoms. The van der Waals surface area contributed by atoms with Crippen LogP contribution >= 0.6 is 11.6 Å². The number of para-hydroxylation sites is 1. The molecule has 0 radical (unpaired) electrons. The number of benzene rings is 3. The lowest BCUT2D eigenvalue weighted by Crippen LogP contribution is -2.16. The average molecular weight is 521 g/mol. The number of aryl methyl sites for hydroxylation is 1. The molecule has 190 valence electrons. The topological polar surface area (TPSA) is 111 Å². The zero-order chi connectivity index (χ0) is 26.2. The van der Waals surface area contributed by atoms with Crippen LogP contribution in [0.1, 0.15) is 22.4 Å². The molecule has 1 amide bonds. The summed E-state index contributed by atoms with van der Waals surface area (Å²) in [5.74, 6) is 0.0100. The first kappa shape index (κ1) is 25.8. The van der Waals surface area contributed by atoms with Crippen LogP contribution in [0, 0.1) is 6.92 Å². The van der Waals surface area contributed by atoms with Crippen LogP contribution in [0.4, 0.5) is 10.5 Å². The van der Waals surface area contributed by atoms with Gasteiger partial charge >= 0.3 is 12.1 Å². The van der Waals surface area contributed by atoms with E-state index in [0.717, 1.165) is 11.1 Å². The van der Waals surface area contributed by atoms with Crippen molar-refractivity contribution in [2.75, 3.05) is 11.9 Å². The van der Waals surface area contributed by atoms with Crippen molar-refractivity contribution >= 4 is 29.4 Å². The second kappa shape index (κ2) is 12.1. The van der Waals surface area contributed by atoms with Crippen molar-refractivity contribution in [2.45, 2.75) is 26.4 Å². The Balaban J connectivity index is 1.36. The second-order valence-electron chi connectivity index (χ2n) is 8.24. The number of carbonyl (C=O) groups is 2. The van der Waals surface area contributed by atoms with E-state index in [1.54, 1.807) is 37.3 Å². The van der Waals surface area contributed by atoms with E-state index >= 15 is 0 Å². The Labute approximate surface area is 218 Å². The lowest BCUT2D eigenvalue weighted by atomic mass is 10.1. The molecule has 37 heavy (non-hydrogen) atoms. The zero-order valence-electron chi connectivity index (χ0n) is 20.1. The highest BCUT2D eigenvalue weighted by molar-refractivity contribution is 6.31. The summed E-state index contributed by atoms with van der Waals surface area (Å²) in [6.07, 6.45) is -0.241. The van der Waals surface area contributed by atoms with Gasteiger partial charge in [-0.2, -0.15) is 0 Å². The summed E-state index contributed by atoms with van der Waals surface area (Å²) in [6.45, 7) is 2.15. The van der Waals surface area contributed by atoms with Gasteiger partial charge in [0.05, 0.1) is 13.0 Å². The molecule has 8 nitrogen and oxygen atoms in total. The van der Waals surface area contributed by atoms with Crippen LogP contribution in [0.15, 0.2) is 77.3 Å². The van der Waals surface area contributed by atoms with E-state index in [9.17, 15) is 9.59 Å². The first-order valence-electron chi connectivity index (χ1n) is 11.6. The molecule has 1 heterocycles. The molecule has 0 saturated carbocycles. The van der Waals surface area contributed by atoms with Crippen LogP contribution in [-0.2, 0) is 29.0 Å². The third-order valence-corrected chi connectivity index (χ3v) is 5.95. The highest BCUT2D eigenvalue weighted by atomic mass is 35.5. The molecule has 0 aliphatic rings. The largest absolute Gasteiger partial charge is 0.489 e. The van der Waals surface area contributed by atoms with Crippen LogP contribution in [0.25, 0.3) is 11.3 Å². The minimum absolute atomic E-state index is 0.113. The highest BCUT2D eigenvalue weighted by Gasteiger charge is 2.18. The predicted molar refractivity (Wildman–Crippen MR) is 139 cm³/mol. The van der Waals surface area contributed by atoms with Gasteiger partial charge in [0.1, 0.15) is 23.7 Å². The Bertz CT molecular complexity index is 1380. The monoisotopic (exact) mass is 520 g/mol. The lowest BCUT2D eigenvalue weighted by molar-refractivity contribution is -0.136. The predicted octanol–water partition coefficient (Wildman–Crippen LogP) is 6.30. The summed E-state index contributed by atoms with van der Waals surface area (Å²) in [6, 6.07) is 21.8. The van der Waals surface area contributed by atoms with Gasteiger partial charge in [-0.15, -0.1) is 0 Å². The van der Waals surface area contributed by atoms with Crippen LogP contribution in [0.3, 0.4) is 0 Å². The average Bonchev–Trinajstić information content (AvgIpc) is 3.24.